The van der Waals surface area contributed by atoms with E-state index in [0.29, 0.717) is 12.9 Å². The number of unbranched alkanes of at least 4 members (excludes halogenated alkanes) is 1. The number of allylic oxidation sites excluding steroid dienone is 1. The van der Waals surface area contributed by atoms with Crippen LogP contribution in [0.1, 0.15) is 26.7 Å². The fraction of sp³-hybridized carbons (Fsp3) is 0.556. The molecule has 3 heteroatoms. The largest absolute Gasteiger partial charge is 0.462 e. The molecule has 0 N–H and O–H groups in total. The molecule has 0 aromatic carbocycles. The zero-order valence-electron chi connectivity index (χ0n) is 7.50. The zero-order valence-corrected chi connectivity index (χ0v) is 7.50. The highest BCUT2D eigenvalue weighted by Gasteiger charge is 2.07. The lowest BCUT2D eigenvalue weighted by molar-refractivity contribution is -0.139. The molecular weight excluding hydrogens is 156 g/mol. The van der Waals surface area contributed by atoms with Gasteiger partial charge in [-0.15, -0.1) is 0 Å². The monoisotopic (exact) mass is 170 g/mol. The number of rotatable bonds is 5. The molecule has 0 unspecified atom stereocenters. The third-order valence-corrected chi connectivity index (χ3v) is 1.29. The molecule has 0 radical (unpaired) electrons. The van der Waals surface area contributed by atoms with Gasteiger partial charge in [0.05, 0.1) is 12.2 Å². The van der Waals surface area contributed by atoms with Crippen LogP contribution >= 0.6 is 0 Å². The lowest BCUT2D eigenvalue weighted by Gasteiger charge is -1.99. The number of hydrogen-bond acceptors (Lipinski definition) is 3. The van der Waals surface area contributed by atoms with Gasteiger partial charge in [-0.3, -0.25) is 4.79 Å². The Morgan fingerprint density at radius 2 is 2.08 bits per heavy atom. The molecule has 0 saturated carbocycles. The van der Waals surface area contributed by atoms with Gasteiger partial charge in [0, 0.05) is 0 Å². The Labute approximate surface area is 72.4 Å². The molecule has 0 atom stereocenters. The van der Waals surface area contributed by atoms with Crippen LogP contribution in [0.3, 0.4) is 0 Å². The summed E-state index contributed by atoms with van der Waals surface area (Å²) in [5.41, 5.74) is 0.124. The third-order valence-electron chi connectivity index (χ3n) is 1.29. The van der Waals surface area contributed by atoms with Crippen molar-refractivity contribution >= 4 is 12.3 Å². The standard InChI is InChI=1S/C9H14O3/c1-3-5-6-8(7-10)9(11)12-4-2/h6-7H,3-5H2,1-2H3/b8-6-. The minimum Gasteiger partial charge on any atom is -0.462 e. The van der Waals surface area contributed by atoms with Gasteiger partial charge in [-0.1, -0.05) is 19.4 Å². The van der Waals surface area contributed by atoms with Crippen molar-refractivity contribution in [3.8, 4) is 0 Å². The van der Waals surface area contributed by atoms with Gasteiger partial charge in [0.2, 0.25) is 0 Å². The van der Waals surface area contributed by atoms with Crippen LogP contribution in [0.5, 0.6) is 0 Å². The van der Waals surface area contributed by atoms with Crippen LogP contribution in [0.4, 0.5) is 0 Å². The second-order valence-electron chi connectivity index (χ2n) is 2.29. The SMILES string of the molecule is CCC/C=C(/C=O)C(=O)OCC. The summed E-state index contributed by atoms with van der Waals surface area (Å²) < 4.78 is 4.65. The molecule has 0 aromatic heterocycles. The minimum absolute atomic E-state index is 0.124. The lowest BCUT2D eigenvalue weighted by atomic mass is 10.2. The fourth-order valence-corrected chi connectivity index (χ4v) is 0.694. The maximum atomic E-state index is 11.0. The average molecular weight is 170 g/mol. The summed E-state index contributed by atoms with van der Waals surface area (Å²) in [5.74, 6) is -0.527. The molecule has 12 heavy (non-hydrogen) atoms. The predicted molar refractivity (Wildman–Crippen MR) is 45.7 cm³/mol. The van der Waals surface area contributed by atoms with Gasteiger partial charge < -0.3 is 4.74 Å². The molecule has 0 rings (SSSR count). The molecule has 0 aliphatic rings. The molecule has 3 nitrogen and oxygen atoms in total. The Morgan fingerprint density at radius 1 is 1.42 bits per heavy atom. The van der Waals surface area contributed by atoms with Crippen molar-refractivity contribution in [2.24, 2.45) is 0 Å². The summed E-state index contributed by atoms with van der Waals surface area (Å²) in [6.45, 7) is 3.99. The molecule has 0 spiro atoms. The predicted octanol–water partition coefficient (Wildman–Crippen LogP) is 1.47. The van der Waals surface area contributed by atoms with Crippen LogP contribution < -0.4 is 0 Å². The molecule has 68 valence electrons. The summed E-state index contributed by atoms with van der Waals surface area (Å²) in [6.07, 6.45) is 3.78. The number of carbonyl (C=O) groups excluding carboxylic acids is 2. The highest BCUT2D eigenvalue weighted by atomic mass is 16.5. The van der Waals surface area contributed by atoms with Crippen molar-refractivity contribution in [2.75, 3.05) is 6.61 Å². The van der Waals surface area contributed by atoms with Crippen LogP contribution in [0.2, 0.25) is 0 Å². The van der Waals surface area contributed by atoms with E-state index in [9.17, 15) is 9.59 Å². The maximum Gasteiger partial charge on any atom is 0.341 e. The lowest BCUT2D eigenvalue weighted by Crippen LogP contribution is -2.08. The Morgan fingerprint density at radius 3 is 2.50 bits per heavy atom. The molecule has 0 saturated heterocycles. The van der Waals surface area contributed by atoms with Crippen molar-refractivity contribution in [3.05, 3.63) is 11.6 Å². The summed E-state index contributed by atoms with van der Waals surface area (Å²) in [7, 11) is 0. The zero-order chi connectivity index (χ0) is 9.40. The van der Waals surface area contributed by atoms with Crippen molar-refractivity contribution in [3.63, 3.8) is 0 Å². The van der Waals surface area contributed by atoms with E-state index in [-0.39, 0.29) is 5.57 Å². The highest BCUT2D eigenvalue weighted by Crippen LogP contribution is 1.98. The third kappa shape index (κ3) is 3.91. The van der Waals surface area contributed by atoms with Crippen molar-refractivity contribution < 1.29 is 14.3 Å². The van der Waals surface area contributed by atoms with Gasteiger partial charge in [0.25, 0.3) is 0 Å². The summed E-state index contributed by atoms with van der Waals surface area (Å²) >= 11 is 0. The van der Waals surface area contributed by atoms with E-state index in [1.807, 2.05) is 6.92 Å². The Balaban J connectivity index is 4.13. The smallest absolute Gasteiger partial charge is 0.341 e. The van der Waals surface area contributed by atoms with Crippen LogP contribution in [-0.4, -0.2) is 18.9 Å². The molecule has 0 bridgehead atoms. The van der Waals surface area contributed by atoms with E-state index in [2.05, 4.69) is 4.74 Å². The van der Waals surface area contributed by atoms with Crippen LogP contribution in [0.15, 0.2) is 11.6 Å². The topological polar surface area (TPSA) is 43.4 Å². The molecule has 0 aromatic rings. The second kappa shape index (κ2) is 6.58. The molecule has 0 aliphatic carbocycles. The van der Waals surface area contributed by atoms with E-state index >= 15 is 0 Å². The first kappa shape index (κ1) is 10.9. The van der Waals surface area contributed by atoms with Gasteiger partial charge >= 0.3 is 5.97 Å². The van der Waals surface area contributed by atoms with Crippen molar-refractivity contribution in [2.45, 2.75) is 26.7 Å². The summed E-state index contributed by atoms with van der Waals surface area (Å²) in [6, 6.07) is 0. The van der Waals surface area contributed by atoms with E-state index in [1.165, 1.54) is 0 Å². The van der Waals surface area contributed by atoms with Crippen LogP contribution in [0.25, 0.3) is 0 Å². The fourth-order valence-electron chi connectivity index (χ4n) is 0.694. The summed E-state index contributed by atoms with van der Waals surface area (Å²) in [5, 5.41) is 0. The van der Waals surface area contributed by atoms with Gasteiger partial charge in [-0.05, 0) is 13.3 Å². The van der Waals surface area contributed by atoms with Crippen LogP contribution in [0, 0.1) is 0 Å². The summed E-state index contributed by atoms with van der Waals surface area (Å²) in [4.78, 5) is 21.3. The number of ether oxygens (including phenoxy) is 1. The molecular formula is C9H14O3. The number of hydrogen-bond donors (Lipinski definition) is 0. The van der Waals surface area contributed by atoms with Gasteiger partial charge in [-0.2, -0.15) is 0 Å². The first-order valence-corrected chi connectivity index (χ1v) is 4.08. The van der Waals surface area contributed by atoms with Gasteiger partial charge in [0.15, 0.2) is 6.29 Å². The number of aldehydes is 1. The molecule has 0 aliphatic heterocycles. The van der Waals surface area contributed by atoms with E-state index in [4.69, 9.17) is 0 Å². The van der Waals surface area contributed by atoms with E-state index in [0.717, 1.165) is 12.8 Å². The Kier molecular flexibility index (Phi) is 5.97. The molecule has 0 amide bonds. The van der Waals surface area contributed by atoms with Gasteiger partial charge in [-0.25, -0.2) is 4.79 Å². The minimum atomic E-state index is -0.527. The normalized spacial score (nSPS) is 11.0. The number of esters is 1. The Bertz CT molecular complexity index is 182. The first-order valence-electron chi connectivity index (χ1n) is 4.08. The second-order valence-corrected chi connectivity index (χ2v) is 2.29. The quantitative estimate of drug-likeness (QED) is 0.206. The first-order chi connectivity index (χ1) is 5.76. The highest BCUT2D eigenvalue weighted by molar-refractivity contribution is 6.07. The van der Waals surface area contributed by atoms with E-state index in [1.54, 1.807) is 13.0 Å². The Hall–Kier alpha value is -1.12. The molecule has 0 heterocycles. The average Bonchev–Trinajstić information content (AvgIpc) is 2.06. The van der Waals surface area contributed by atoms with Crippen molar-refractivity contribution in [1.29, 1.82) is 0 Å². The maximum absolute atomic E-state index is 11.0. The molecule has 0 fully saturated rings. The number of carbonyl (C=O) groups is 2. The van der Waals surface area contributed by atoms with Gasteiger partial charge in [0.1, 0.15) is 0 Å². The van der Waals surface area contributed by atoms with E-state index < -0.39 is 5.97 Å². The van der Waals surface area contributed by atoms with Crippen molar-refractivity contribution in [1.82, 2.24) is 0 Å². The van der Waals surface area contributed by atoms with Crippen LogP contribution in [-0.2, 0) is 14.3 Å².